The smallest absolute Gasteiger partial charge is 0.117 e. The Kier molecular flexibility index (Phi) is 3.83. The molecule has 3 nitrogen and oxygen atoms in total. The number of ether oxygens (including phenoxy) is 1. The molecule has 1 N–H and O–H groups in total. The van der Waals surface area contributed by atoms with E-state index in [0.717, 1.165) is 10.2 Å². The van der Waals surface area contributed by atoms with E-state index in [1.165, 1.54) is 0 Å². The summed E-state index contributed by atoms with van der Waals surface area (Å²) in [6.45, 7) is 7.93. The highest BCUT2D eigenvalue weighted by Gasteiger charge is 2.42. The van der Waals surface area contributed by atoms with Crippen molar-refractivity contribution in [2.24, 2.45) is 0 Å². The Balaban J connectivity index is 2.11. The molecule has 1 saturated heterocycles. The molecule has 1 aromatic rings. The number of pyridine rings is 1. The minimum atomic E-state index is -0.126. The van der Waals surface area contributed by atoms with E-state index in [9.17, 15) is 0 Å². The zero-order valence-corrected chi connectivity index (χ0v) is 12.7. The van der Waals surface area contributed by atoms with Gasteiger partial charge in [0.25, 0.3) is 0 Å². The standard InChI is InChI=1S/C12H17BrN2OS/c1-11(2,3)17-15-12(7-16-8-12)10-5-4-9(13)6-14-10/h4-6,15H,7-8H2,1-3H3. The van der Waals surface area contributed by atoms with Crippen LogP contribution in [-0.4, -0.2) is 22.9 Å². The summed E-state index contributed by atoms with van der Waals surface area (Å²) in [6.07, 6.45) is 1.83. The quantitative estimate of drug-likeness (QED) is 0.869. The molecule has 1 aromatic heterocycles. The molecule has 17 heavy (non-hydrogen) atoms. The third kappa shape index (κ3) is 3.22. The number of hydrogen-bond donors (Lipinski definition) is 1. The van der Waals surface area contributed by atoms with Crippen molar-refractivity contribution in [3.8, 4) is 0 Å². The van der Waals surface area contributed by atoms with Gasteiger partial charge in [-0.25, -0.2) is 4.72 Å². The van der Waals surface area contributed by atoms with Crippen LogP contribution >= 0.6 is 27.9 Å². The lowest BCUT2D eigenvalue weighted by Gasteiger charge is -2.42. The van der Waals surface area contributed by atoms with Gasteiger partial charge in [0.1, 0.15) is 5.54 Å². The minimum Gasteiger partial charge on any atom is -0.377 e. The molecule has 5 heteroatoms. The SMILES string of the molecule is CC(C)(C)SNC1(c2ccc(Br)cn2)COC1. The van der Waals surface area contributed by atoms with Crippen molar-refractivity contribution in [2.75, 3.05) is 13.2 Å². The lowest BCUT2D eigenvalue weighted by atomic mass is 9.94. The van der Waals surface area contributed by atoms with Gasteiger partial charge in [-0.2, -0.15) is 0 Å². The molecule has 0 radical (unpaired) electrons. The molecule has 2 heterocycles. The van der Waals surface area contributed by atoms with E-state index >= 15 is 0 Å². The number of nitrogens with one attached hydrogen (secondary N) is 1. The van der Waals surface area contributed by atoms with Crippen molar-refractivity contribution in [3.63, 3.8) is 0 Å². The van der Waals surface area contributed by atoms with Gasteiger partial charge in [-0.3, -0.25) is 4.98 Å². The molecule has 0 saturated carbocycles. The highest BCUT2D eigenvalue weighted by atomic mass is 79.9. The Labute approximate surface area is 115 Å². The fourth-order valence-corrected chi connectivity index (χ4v) is 2.43. The Morgan fingerprint density at radius 2 is 2.12 bits per heavy atom. The van der Waals surface area contributed by atoms with Gasteiger partial charge in [-0.1, -0.05) is 11.9 Å². The maximum Gasteiger partial charge on any atom is 0.117 e. The Morgan fingerprint density at radius 3 is 2.53 bits per heavy atom. The largest absolute Gasteiger partial charge is 0.377 e. The van der Waals surface area contributed by atoms with Gasteiger partial charge in [0.15, 0.2) is 0 Å². The summed E-state index contributed by atoms with van der Waals surface area (Å²) in [6, 6.07) is 4.06. The molecule has 94 valence electrons. The van der Waals surface area contributed by atoms with Crippen molar-refractivity contribution in [2.45, 2.75) is 31.1 Å². The first-order valence-corrected chi connectivity index (χ1v) is 7.17. The topological polar surface area (TPSA) is 34.2 Å². The summed E-state index contributed by atoms with van der Waals surface area (Å²) in [4.78, 5) is 4.47. The molecule has 0 unspecified atom stereocenters. The average Bonchev–Trinajstić information content (AvgIpc) is 2.17. The maximum atomic E-state index is 5.36. The summed E-state index contributed by atoms with van der Waals surface area (Å²) < 4.78 is 10.1. The fraction of sp³-hybridized carbons (Fsp3) is 0.583. The first-order valence-electron chi connectivity index (χ1n) is 5.56. The number of hydrogen-bond acceptors (Lipinski definition) is 4. The van der Waals surface area contributed by atoms with Crippen LogP contribution in [0.1, 0.15) is 26.5 Å². The molecule has 1 aliphatic rings. The second kappa shape index (κ2) is 4.88. The van der Waals surface area contributed by atoms with Crippen LogP contribution in [0.15, 0.2) is 22.8 Å². The Hall–Kier alpha value is -0.100. The second-order valence-electron chi connectivity index (χ2n) is 5.25. The van der Waals surface area contributed by atoms with Crippen LogP contribution in [0.4, 0.5) is 0 Å². The molecule has 0 spiro atoms. The third-order valence-electron chi connectivity index (χ3n) is 2.47. The van der Waals surface area contributed by atoms with E-state index in [-0.39, 0.29) is 10.3 Å². The molecule has 0 bridgehead atoms. The number of nitrogens with zero attached hydrogens (tertiary/aromatic N) is 1. The molecule has 1 fully saturated rings. The van der Waals surface area contributed by atoms with Crippen LogP contribution in [0, 0.1) is 0 Å². The van der Waals surface area contributed by atoms with E-state index < -0.39 is 0 Å². The molecular formula is C12H17BrN2OS. The summed E-state index contributed by atoms with van der Waals surface area (Å²) in [5.74, 6) is 0. The molecule has 2 rings (SSSR count). The fourth-order valence-electron chi connectivity index (χ4n) is 1.47. The van der Waals surface area contributed by atoms with E-state index in [2.05, 4.69) is 46.4 Å². The Bertz CT molecular complexity index is 384. The molecule has 0 amide bonds. The zero-order valence-electron chi connectivity index (χ0n) is 10.3. The van der Waals surface area contributed by atoms with Crippen molar-refractivity contribution in [1.82, 2.24) is 9.71 Å². The van der Waals surface area contributed by atoms with Crippen LogP contribution in [0.25, 0.3) is 0 Å². The van der Waals surface area contributed by atoms with Gasteiger partial charge in [0.2, 0.25) is 0 Å². The lowest BCUT2D eigenvalue weighted by Crippen LogP contribution is -2.56. The van der Waals surface area contributed by atoms with Gasteiger partial charge < -0.3 is 4.74 Å². The molecule has 0 aromatic carbocycles. The molecule has 1 aliphatic heterocycles. The van der Waals surface area contributed by atoms with Crippen molar-refractivity contribution < 1.29 is 4.74 Å². The van der Waals surface area contributed by atoms with E-state index in [0.29, 0.717) is 13.2 Å². The highest BCUT2D eigenvalue weighted by molar-refractivity contribution is 9.10. The van der Waals surface area contributed by atoms with Gasteiger partial charge in [0.05, 0.1) is 18.9 Å². The summed E-state index contributed by atoms with van der Waals surface area (Å²) in [5, 5.41) is 0. The number of rotatable bonds is 3. The van der Waals surface area contributed by atoms with Gasteiger partial charge >= 0.3 is 0 Å². The molecule has 0 aliphatic carbocycles. The minimum absolute atomic E-state index is 0.126. The van der Waals surface area contributed by atoms with E-state index in [1.54, 1.807) is 11.9 Å². The van der Waals surface area contributed by atoms with Gasteiger partial charge in [-0.05, 0) is 48.8 Å². The van der Waals surface area contributed by atoms with Crippen LogP contribution in [0.5, 0.6) is 0 Å². The predicted molar refractivity (Wildman–Crippen MR) is 74.9 cm³/mol. The highest BCUT2D eigenvalue weighted by Crippen LogP contribution is 2.33. The van der Waals surface area contributed by atoms with Gasteiger partial charge in [0, 0.05) is 15.4 Å². The first-order chi connectivity index (χ1) is 7.91. The van der Waals surface area contributed by atoms with Crippen molar-refractivity contribution in [3.05, 3.63) is 28.5 Å². The number of halogens is 1. The van der Waals surface area contributed by atoms with Crippen molar-refractivity contribution in [1.29, 1.82) is 0 Å². The van der Waals surface area contributed by atoms with Crippen LogP contribution in [0.2, 0.25) is 0 Å². The van der Waals surface area contributed by atoms with Crippen LogP contribution in [-0.2, 0) is 10.3 Å². The monoisotopic (exact) mass is 316 g/mol. The summed E-state index contributed by atoms with van der Waals surface area (Å²) in [5.41, 5.74) is 0.919. The predicted octanol–water partition coefficient (Wildman–Crippen LogP) is 3.11. The lowest BCUT2D eigenvalue weighted by molar-refractivity contribution is -0.0673. The van der Waals surface area contributed by atoms with E-state index in [1.807, 2.05) is 18.3 Å². The Morgan fingerprint density at radius 1 is 1.41 bits per heavy atom. The summed E-state index contributed by atoms with van der Waals surface area (Å²) >= 11 is 5.14. The molecule has 0 atom stereocenters. The van der Waals surface area contributed by atoms with Crippen LogP contribution < -0.4 is 4.72 Å². The number of aromatic nitrogens is 1. The van der Waals surface area contributed by atoms with Crippen molar-refractivity contribution >= 4 is 27.9 Å². The zero-order chi connectivity index (χ0) is 12.5. The third-order valence-corrected chi connectivity index (χ3v) is 4.04. The second-order valence-corrected chi connectivity index (χ2v) is 7.80. The normalized spacial score (nSPS) is 18.8. The van der Waals surface area contributed by atoms with E-state index in [4.69, 9.17) is 4.74 Å². The summed E-state index contributed by atoms with van der Waals surface area (Å²) in [7, 11) is 0. The average molecular weight is 317 g/mol. The molecular weight excluding hydrogens is 300 g/mol. The maximum absolute atomic E-state index is 5.36. The van der Waals surface area contributed by atoms with Crippen LogP contribution in [0.3, 0.4) is 0 Å². The van der Waals surface area contributed by atoms with Gasteiger partial charge in [-0.15, -0.1) is 0 Å². The first kappa shape index (κ1) is 13.3.